The molecule has 3 rings (SSSR count). The molecule has 1 aliphatic carbocycles. The van der Waals surface area contributed by atoms with E-state index in [4.69, 9.17) is 9.47 Å². The molecule has 1 fully saturated rings. The summed E-state index contributed by atoms with van der Waals surface area (Å²) in [4.78, 5) is 28.4. The molecular formula is C30H47BrN4O6S. The molecule has 1 N–H and O–H groups in total. The van der Waals surface area contributed by atoms with Gasteiger partial charge in [-0.05, 0) is 100 Å². The molecule has 0 spiro atoms. The van der Waals surface area contributed by atoms with Crippen LogP contribution in [0.15, 0.2) is 22.8 Å². The summed E-state index contributed by atoms with van der Waals surface area (Å²) in [6.45, 7) is 8.75. The van der Waals surface area contributed by atoms with Crippen LogP contribution in [0.25, 0.3) is 10.9 Å². The van der Waals surface area contributed by atoms with E-state index in [-0.39, 0.29) is 11.7 Å². The predicted molar refractivity (Wildman–Crippen MR) is 170 cm³/mol. The first-order valence-corrected chi connectivity index (χ1v) is 17.2. The van der Waals surface area contributed by atoms with Gasteiger partial charge in [0.15, 0.2) is 0 Å². The second-order valence-corrected chi connectivity index (χ2v) is 14.9. The van der Waals surface area contributed by atoms with Crippen molar-refractivity contribution in [2.24, 2.45) is 0 Å². The van der Waals surface area contributed by atoms with Crippen molar-refractivity contribution in [2.45, 2.75) is 77.4 Å². The summed E-state index contributed by atoms with van der Waals surface area (Å²) in [6.07, 6.45) is 5.58. The third-order valence-corrected chi connectivity index (χ3v) is 9.79. The molecule has 1 aromatic carbocycles. The maximum Gasteiger partial charge on any atom is 0.421 e. The summed E-state index contributed by atoms with van der Waals surface area (Å²) >= 11 is 3.93. The number of esters is 1. The number of amides is 1. The second-order valence-electron chi connectivity index (χ2n) is 12.3. The van der Waals surface area contributed by atoms with Crippen LogP contribution in [0.2, 0.25) is 0 Å². The van der Waals surface area contributed by atoms with Crippen LogP contribution in [0.3, 0.4) is 0 Å². The molecule has 0 unspecified atom stereocenters. The molecule has 1 aliphatic rings. The van der Waals surface area contributed by atoms with Crippen LogP contribution < -0.4 is 4.72 Å². The van der Waals surface area contributed by atoms with E-state index in [1.54, 1.807) is 20.8 Å². The number of likely N-dealkylation sites (N-methyl/N-ethyl adjacent to an activating group) is 2. The van der Waals surface area contributed by atoms with Crippen molar-refractivity contribution in [1.82, 2.24) is 19.1 Å². The minimum Gasteiger partial charge on any atom is -0.465 e. The molecule has 1 heterocycles. The number of nitrogens with zero attached hydrogens (tertiary/aromatic N) is 3. The maximum atomic E-state index is 12.3. The van der Waals surface area contributed by atoms with Crippen LogP contribution in [-0.4, -0.2) is 93.6 Å². The van der Waals surface area contributed by atoms with E-state index >= 15 is 0 Å². The van der Waals surface area contributed by atoms with E-state index < -0.39 is 21.7 Å². The van der Waals surface area contributed by atoms with Gasteiger partial charge in [0.2, 0.25) is 10.0 Å². The number of benzene rings is 1. The van der Waals surface area contributed by atoms with Gasteiger partial charge < -0.3 is 23.8 Å². The Morgan fingerprint density at radius 2 is 1.69 bits per heavy atom. The summed E-state index contributed by atoms with van der Waals surface area (Å²) in [5.74, 6) is 0.0156. The van der Waals surface area contributed by atoms with E-state index in [9.17, 15) is 18.0 Å². The van der Waals surface area contributed by atoms with Crippen molar-refractivity contribution < 1.29 is 27.5 Å². The minimum absolute atomic E-state index is 0.155. The van der Waals surface area contributed by atoms with Crippen molar-refractivity contribution >= 4 is 48.9 Å². The monoisotopic (exact) mass is 670 g/mol. The molecule has 10 nitrogen and oxygen atoms in total. The number of sulfonamides is 1. The lowest BCUT2D eigenvalue weighted by Gasteiger charge is -2.23. The quantitative estimate of drug-likeness (QED) is 0.284. The highest BCUT2D eigenvalue weighted by Gasteiger charge is 2.26. The molecule has 0 bridgehead atoms. The van der Waals surface area contributed by atoms with Crippen LogP contribution in [0, 0.1) is 0 Å². The SMILES string of the molecule is COC(=O)c1ccc2c(C3CCCCC3)c(Br)n(CCN(C)CCN(C)CCCS(=O)(=O)NC(=O)OC(C)(C)C)c2c1. The molecule has 2 aromatic rings. The van der Waals surface area contributed by atoms with Gasteiger partial charge in [-0.25, -0.2) is 22.7 Å². The van der Waals surface area contributed by atoms with Crippen molar-refractivity contribution in [1.29, 1.82) is 0 Å². The zero-order chi connectivity index (χ0) is 31.1. The zero-order valence-electron chi connectivity index (χ0n) is 25.9. The Morgan fingerprint density at radius 1 is 1.05 bits per heavy atom. The fourth-order valence-corrected chi connectivity index (χ4v) is 7.24. The second kappa shape index (κ2) is 15.0. The van der Waals surface area contributed by atoms with Gasteiger partial charge >= 0.3 is 12.1 Å². The molecule has 1 aromatic heterocycles. The van der Waals surface area contributed by atoms with Gasteiger partial charge in [0.05, 0.1) is 28.5 Å². The summed E-state index contributed by atoms with van der Waals surface area (Å²) < 4.78 is 39.8. The molecule has 1 amide bonds. The summed E-state index contributed by atoms with van der Waals surface area (Å²) in [5.41, 5.74) is 2.17. The number of fused-ring (bicyclic) bond motifs is 1. The third kappa shape index (κ3) is 9.96. The average molecular weight is 672 g/mol. The van der Waals surface area contributed by atoms with E-state index in [0.29, 0.717) is 24.4 Å². The molecule has 42 heavy (non-hydrogen) atoms. The molecule has 236 valence electrons. The number of hydrogen-bond donors (Lipinski definition) is 1. The summed E-state index contributed by atoms with van der Waals surface area (Å²) in [6, 6.07) is 5.87. The van der Waals surface area contributed by atoms with E-state index in [0.717, 1.165) is 36.3 Å². The molecule has 12 heteroatoms. The first-order valence-electron chi connectivity index (χ1n) is 14.7. The van der Waals surface area contributed by atoms with Gasteiger partial charge in [-0.2, -0.15) is 0 Å². The van der Waals surface area contributed by atoms with Crippen molar-refractivity contribution in [2.75, 3.05) is 53.1 Å². The first kappa shape index (κ1) is 34.3. The van der Waals surface area contributed by atoms with Crippen LogP contribution in [0.5, 0.6) is 0 Å². The topological polar surface area (TPSA) is 110 Å². The Bertz CT molecular complexity index is 1330. The standard InChI is InChI=1S/C30H47BrN4O6S/c1-30(2,3)41-29(37)32-42(38,39)20-10-15-33(4)16-17-34(5)18-19-35-25-21-23(28(36)40-6)13-14-24(25)26(27(35)31)22-11-8-7-9-12-22/h13-14,21-22H,7-12,15-20H2,1-6H3,(H,32,37). The van der Waals surface area contributed by atoms with Crippen molar-refractivity contribution in [3.8, 4) is 0 Å². The predicted octanol–water partition coefficient (Wildman–Crippen LogP) is 5.35. The minimum atomic E-state index is -3.76. The molecule has 0 aliphatic heterocycles. The van der Waals surface area contributed by atoms with E-state index in [1.165, 1.54) is 50.2 Å². The third-order valence-electron chi connectivity index (χ3n) is 7.63. The van der Waals surface area contributed by atoms with Gasteiger partial charge in [0, 0.05) is 31.6 Å². The summed E-state index contributed by atoms with van der Waals surface area (Å²) in [5, 5.41) is 1.19. The number of halogens is 1. The zero-order valence-corrected chi connectivity index (χ0v) is 28.3. The molecule has 0 atom stereocenters. The Balaban J connectivity index is 1.56. The van der Waals surface area contributed by atoms with E-state index in [2.05, 4.69) is 43.4 Å². The number of hydrogen-bond acceptors (Lipinski definition) is 8. The Hall–Kier alpha value is -2.15. The van der Waals surface area contributed by atoms with Crippen molar-refractivity contribution in [3.63, 3.8) is 0 Å². The van der Waals surface area contributed by atoms with Crippen LogP contribution in [0.4, 0.5) is 4.79 Å². The number of methoxy groups -OCH3 is 1. The fourth-order valence-electron chi connectivity index (χ4n) is 5.43. The first-order chi connectivity index (χ1) is 19.7. The van der Waals surface area contributed by atoms with Gasteiger partial charge in [0.25, 0.3) is 0 Å². The van der Waals surface area contributed by atoms with Gasteiger partial charge in [0.1, 0.15) is 5.60 Å². The van der Waals surface area contributed by atoms with Crippen molar-refractivity contribution in [3.05, 3.63) is 33.9 Å². The highest BCUT2D eigenvalue weighted by Crippen LogP contribution is 2.42. The number of aromatic nitrogens is 1. The van der Waals surface area contributed by atoms with Gasteiger partial charge in [-0.3, -0.25) is 0 Å². The Morgan fingerprint density at radius 3 is 2.31 bits per heavy atom. The average Bonchev–Trinajstić information content (AvgIpc) is 3.19. The number of rotatable bonds is 13. The molecule has 1 saturated carbocycles. The molecular weight excluding hydrogens is 624 g/mol. The van der Waals surface area contributed by atoms with Gasteiger partial charge in [-0.15, -0.1) is 0 Å². The van der Waals surface area contributed by atoms with Crippen LogP contribution >= 0.6 is 15.9 Å². The number of carbonyl (C=O) groups is 2. The largest absolute Gasteiger partial charge is 0.465 e. The molecule has 0 saturated heterocycles. The lowest BCUT2D eigenvalue weighted by Crippen LogP contribution is -2.38. The maximum absolute atomic E-state index is 12.3. The fraction of sp³-hybridized carbons (Fsp3) is 0.667. The smallest absolute Gasteiger partial charge is 0.421 e. The highest BCUT2D eigenvalue weighted by molar-refractivity contribution is 9.10. The highest BCUT2D eigenvalue weighted by atomic mass is 79.9. The van der Waals surface area contributed by atoms with Gasteiger partial charge in [-0.1, -0.05) is 25.3 Å². The lowest BCUT2D eigenvalue weighted by atomic mass is 9.84. The van der Waals surface area contributed by atoms with Crippen LogP contribution in [0.1, 0.15) is 81.1 Å². The molecule has 0 radical (unpaired) electrons. The Labute approximate surface area is 259 Å². The number of nitrogens with one attached hydrogen (secondary N) is 1. The lowest BCUT2D eigenvalue weighted by molar-refractivity contribution is 0.0567. The number of carbonyl (C=O) groups excluding carboxylic acids is 2. The van der Waals surface area contributed by atoms with Crippen LogP contribution in [-0.2, 0) is 26.0 Å². The number of ether oxygens (including phenoxy) is 2. The summed E-state index contributed by atoms with van der Waals surface area (Å²) in [7, 11) is 1.68. The normalized spacial score (nSPS) is 15.0. The Kier molecular flexibility index (Phi) is 12.3. The van der Waals surface area contributed by atoms with E-state index in [1.807, 2.05) is 23.9 Å².